The number of amides is 1. The SMILES string of the molecule is CCc1ccc2oc(-c3cc(NC(=S)NC(=O)c4cccc(OCC(C)C)c4)ccc3O)nc2c1. The lowest BCUT2D eigenvalue weighted by Crippen LogP contribution is -2.34. The number of hydrogen-bond acceptors (Lipinski definition) is 6. The van der Waals surface area contributed by atoms with Gasteiger partial charge in [0.05, 0.1) is 12.2 Å². The molecule has 8 heteroatoms. The number of nitrogens with zero attached hydrogens (tertiary/aromatic N) is 1. The van der Waals surface area contributed by atoms with Crippen molar-refractivity contribution in [2.24, 2.45) is 5.92 Å². The quantitative estimate of drug-likeness (QED) is 0.219. The Bertz CT molecular complexity index is 1380. The Morgan fingerprint density at radius 1 is 1.14 bits per heavy atom. The maximum absolute atomic E-state index is 12.7. The number of phenols is 1. The Kier molecular flexibility index (Phi) is 7.31. The second-order valence-corrected chi connectivity index (χ2v) is 8.96. The zero-order chi connectivity index (χ0) is 24.9. The highest BCUT2D eigenvalue weighted by Crippen LogP contribution is 2.33. The zero-order valence-corrected chi connectivity index (χ0v) is 20.6. The van der Waals surface area contributed by atoms with Gasteiger partial charge in [0.1, 0.15) is 17.0 Å². The number of hydrogen-bond donors (Lipinski definition) is 3. The summed E-state index contributed by atoms with van der Waals surface area (Å²) >= 11 is 5.33. The molecule has 0 saturated carbocycles. The Balaban J connectivity index is 1.46. The monoisotopic (exact) mass is 489 g/mol. The van der Waals surface area contributed by atoms with E-state index in [0.29, 0.717) is 46.6 Å². The van der Waals surface area contributed by atoms with Crippen LogP contribution in [0.5, 0.6) is 11.5 Å². The lowest BCUT2D eigenvalue weighted by molar-refractivity contribution is 0.0977. The molecule has 0 radical (unpaired) electrons. The van der Waals surface area contributed by atoms with Crippen LogP contribution in [0.15, 0.2) is 65.1 Å². The summed E-state index contributed by atoms with van der Waals surface area (Å²) in [7, 11) is 0. The molecule has 180 valence electrons. The molecule has 4 rings (SSSR count). The van der Waals surface area contributed by atoms with Crippen LogP contribution in [-0.4, -0.2) is 27.7 Å². The van der Waals surface area contributed by atoms with E-state index in [1.54, 1.807) is 30.3 Å². The third-order valence-corrected chi connectivity index (χ3v) is 5.46. The summed E-state index contributed by atoms with van der Waals surface area (Å²) in [5, 5.41) is 16.2. The van der Waals surface area contributed by atoms with Gasteiger partial charge in [0.2, 0.25) is 5.89 Å². The van der Waals surface area contributed by atoms with Crippen LogP contribution in [0, 0.1) is 5.92 Å². The van der Waals surface area contributed by atoms with Gasteiger partial charge in [-0.1, -0.05) is 32.9 Å². The summed E-state index contributed by atoms with van der Waals surface area (Å²) in [6.45, 7) is 6.75. The topological polar surface area (TPSA) is 96.6 Å². The van der Waals surface area contributed by atoms with Crippen LogP contribution in [0.1, 0.15) is 36.7 Å². The molecule has 0 aliphatic carbocycles. The summed E-state index contributed by atoms with van der Waals surface area (Å²) in [6.07, 6.45) is 0.890. The summed E-state index contributed by atoms with van der Waals surface area (Å²) in [6, 6.07) is 17.6. The fraction of sp³-hybridized carbons (Fsp3) is 0.222. The molecule has 0 aliphatic heterocycles. The number of fused-ring (bicyclic) bond motifs is 1. The number of aryl methyl sites for hydroxylation is 1. The van der Waals surface area contributed by atoms with E-state index in [4.69, 9.17) is 21.4 Å². The fourth-order valence-corrected chi connectivity index (χ4v) is 3.63. The highest BCUT2D eigenvalue weighted by molar-refractivity contribution is 7.80. The van der Waals surface area contributed by atoms with Crippen LogP contribution < -0.4 is 15.4 Å². The number of phenolic OH excluding ortho intramolecular Hbond substituents is 1. The van der Waals surface area contributed by atoms with E-state index in [2.05, 4.69) is 36.4 Å². The first-order valence-electron chi connectivity index (χ1n) is 11.4. The van der Waals surface area contributed by atoms with Gasteiger partial charge < -0.3 is 19.6 Å². The lowest BCUT2D eigenvalue weighted by Gasteiger charge is -2.12. The molecule has 0 aliphatic rings. The average molecular weight is 490 g/mol. The first kappa shape index (κ1) is 24.2. The van der Waals surface area contributed by atoms with Crippen molar-refractivity contribution in [1.29, 1.82) is 0 Å². The van der Waals surface area contributed by atoms with Gasteiger partial charge in [-0.2, -0.15) is 0 Å². The number of oxazole rings is 1. The first-order chi connectivity index (χ1) is 16.8. The smallest absolute Gasteiger partial charge is 0.257 e. The molecule has 1 heterocycles. The van der Waals surface area contributed by atoms with Crippen LogP contribution in [0.2, 0.25) is 0 Å². The Morgan fingerprint density at radius 2 is 1.97 bits per heavy atom. The van der Waals surface area contributed by atoms with Gasteiger partial charge >= 0.3 is 0 Å². The van der Waals surface area contributed by atoms with E-state index in [-0.39, 0.29) is 16.8 Å². The first-order valence-corrected chi connectivity index (χ1v) is 11.8. The third-order valence-electron chi connectivity index (χ3n) is 5.25. The van der Waals surface area contributed by atoms with Crippen molar-refractivity contribution in [3.05, 3.63) is 71.8 Å². The van der Waals surface area contributed by atoms with E-state index in [9.17, 15) is 9.90 Å². The molecule has 3 aromatic carbocycles. The summed E-state index contributed by atoms with van der Waals surface area (Å²) in [5.41, 5.74) is 3.91. The van der Waals surface area contributed by atoms with Crippen molar-refractivity contribution >= 4 is 40.0 Å². The minimum atomic E-state index is -0.359. The van der Waals surface area contributed by atoms with Crippen molar-refractivity contribution in [1.82, 2.24) is 10.3 Å². The third kappa shape index (κ3) is 5.96. The van der Waals surface area contributed by atoms with Gasteiger partial charge in [0, 0.05) is 11.3 Å². The average Bonchev–Trinajstić information content (AvgIpc) is 3.27. The Labute approximate surface area is 209 Å². The van der Waals surface area contributed by atoms with Crippen LogP contribution >= 0.6 is 12.2 Å². The molecular formula is C27H27N3O4S. The Morgan fingerprint density at radius 3 is 2.74 bits per heavy atom. The molecular weight excluding hydrogens is 462 g/mol. The van der Waals surface area contributed by atoms with Crippen LogP contribution in [-0.2, 0) is 6.42 Å². The summed E-state index contributed by atoms with van der Waals surface area (Å²) < 4.78 is 11.5. The zero-order valence-electron chi connectivity index (χ0n) is 19.8. The molecule has 0 unspecified atom stereocenters. The Hall–Kier alpha value is -3.91. The minimum absolute atomic E-state index is 0.0194. The van der Waals surface area contributed by atoms with E-state index in [1.165, 1.54) is 6.07 Å². The number of rotatable bonds is 7. The van der Waals surface area contributed by atoms with Gasteiger partial charge in [-0.15, -0.1) is 0 Å². The number of anilines is 1. The van der Waals surface area contributed by atoms with Crippen LogP contribution in [0.4, 0.5) is 5.69 Å². The molecule has 35 heavy (non-hydrogen) atoms. The lowest BCUT2D eigenvalue weighted by atomic mass is 10.1. The number of aromatic nitrogens is 1. The normalized spacial score (nSPS) is 11.0. The number of aromatic hydroxyl groups is 1. The van der Waals surface area contributed by atoms with Crippen molar-refractivity contribution in [2.45, 2.75) is 27.2 Å². The predicted molar refractivity (Wildman–Crippen MR) is 141 cm³/mol. The van der Waals surface area contributed by atoms with Crippen molar-refractivity contribution in [3.63, 3.8) is 0 Å². The van der Waals surface area contributed by atoms with Crippen molar-refractivity contribution in [2.75, 3.05) is 11.9 Å². The maximum atomic E-state index is 12.7. The largest absolute Gasteiger partial charge is 0.507 e. The van der Waals surface area contributed by atoms with Crippen molar-refractivity contribution in [3.8, 4) is 23.0 Å². The highest BCUT2D eigenvalue weighted by Gasteiger charge is 2.15. The summed E-state index contributed by atoms with van der Waals surface area (Å²) in [4.78, 5) is 17.2. The molecule has 0 fully saturated rings. The number of benzene rings is 3. The van der Waals surface area contributed by atoms with Gasteiger partial charge in [-0.25, -0.2) is 4.98 Å². The molecule has 7 nitrogen and oxygen atoms in total. The van der Waals surface area contributed by atoms with E-state index in [0.717, 1.165) is 17.5 Å². The second kappa shape index (κ2) is 10.6. The molecule has 0 atom stereocenters. The summed E-state index contributed by atoms with van der Waals surface area (Å²) in [5.74, 6) is 0.955. The predicted octanol–water partition coefficient (Wildman–Crippen LogP) is 5.92. The molecule has 0 spiro atoms. The molecule has 1 amide bonds. The van der Waals surface area contributed by atoms with Gasteiger partial charge in [-0.05, 0) is 78.7 Å². The number of ether oxygens (including phenoxy) is 1. The second-order valence-electron chi connectivity index (χ2n) is 8.55. The number of carbonyl (C=O) groups is 1. The van der Waals surface area contributed by atoms with Crippen LogP contribution in [0.3, 0.4) is 0 Å². The van der Waals surface area contributed by atoms with E-state index < -0.39 is 0 Å². The number of thiocarbonyl (C=S) groups is 1. The standard InChI is InChI=1S/C27H27N3O4S/c1-4-17-8-11-24-22(12-17)29-26(34-24)21-14-19(9-10-23(21)31)28-27(35)30-25(32)18-6-5-7-20(13-18)33-15-16(2)3/h5-14,16,31H,4,15H2,1-3H3,(H2,28,30,32,35). The number of carbonyl (C=O) groups excluding carboxylic acids is 1. The fourth-order valence-electron chi connectivity index (χ4n) is 3.42. The maximum Gasteiger partial charge on any atom is 0.257 e. The minimum Gasteiger partial charge on any atom is -0.507 e. The molecule has 0 bridgehead atoms. The van der Waals surface area contributed by atoms with Gasteiger partial charge in [-0.3, -0.25) is 10.1 Å². The molecule has 1 aromatic heterocycles. The van der Waals surface area contributed by atoms with Gasteiger partial charge in [0.25, 0.3) is 5.91 Å². The van der Waals surface area contributed by atoms with Crippen LogP contribution in [0.25, 0.3) is 22.6 Å². The number of nitrogens with one attached hydrogen (secondary N) is 2. The van der Waals surface area contributed by atoms with E-state index >= 15 is 0 Å². The molecule has 3 N–H and O–H groups in total. The van der Waals surface area contributed by atoms with Crippen molar-refractivity contribution < 1.29 is 19.1 Å². The van der Waals surface area contributed by atoms with E-state index in [1.807, 2.05) is 24.3 Å². The molecule has 4 aromatic rings. The highest BCUT2D eigenvalue weighted by atomic mass is 32.1. The van der Waals surface area contributed by atoms with Gasteiger partial charge in [0.15, 0.2) is 10.7 Å². The molecule has 0 saturated heterocycles.